The average molecular weight is 311 g/mol. The number of sulfonamides is 1. The predicted molar refractivity (Wildman–Crippen MR) is 81.6 cm³/mol. The normalized spacial score (nSPS) is 22.0. The highest BCUT2D eigenvalue weighted by molar-refractivity contribution is 7.93. The van der Waals surface area contributed by atoms with Gasteiger partial charge in [0.25, 0.3) is 0 Å². The number of nitrogens with one attached hydrogen (secondary N) is 1. The fraction of sp³-hybridized carbons (Fsp3) is 0.533. The number of rotatable bonds is 4. The zero-order chi connectivity index (χ0) is 15.6. The molecule has 2 rings (SSSR count). The summed E-state index contributed by atoms with van der Waals surface area (Å²) in [6, 6.07) is 5.61. The van der Waals surface area contributed by atoms with Crippen molar-refractivity contribution in [1.29, 1.82) is 0 Å². The summed E-state index contributed by atoms with van der Waals surface area (Å²) >= 11 is 0. The van der Waals surface area contributed by atoms with Gasteiger partial charge in [-0.3, -0.25) is 9.52 Å². The highest BCUT2D eigenvalue weighted by Crippen LogP contribution is 2.33. The first kappa shape index (κ1) is 15.8. The van der Waals surface area contributed by atoms with Crippen LogP contribution in [0.15, 0.2) is 18.2 Å². The second kappa shape index (κ2) is 6.05. The van der Waals surface area contributed by atoms with E-state index in [1.807, 2.05) is 26.0 Å². The lowest BCUT2D eigenvalue weighted by atomic mass is 10.1. The molecular formula is C15H21NO4S. The summed E-state index contributed by atoms with van der Waals surface area (Å²) in [5.74, 6) is -1.01. The number of benzene rings is 1. The number of esters is 1. The largest absolute Gasteiger partial charge is 0.469 e. The molecule has 2 atom stereocenters. The second-order valence-corrected chi connectivity index (χ2v) is 7.46. The van der Waals surface area contributed by atoms with E-state index in [0.717, 1.165) is 17.5 Å². The maximum Gasteiger partial charge on any atom is 0.310 e. The highest BCUT2D eigenvalue weighted by Gasteiger charge is 2.42. The number of carbonyl (C=O) groups excluding carboxylic acids is 1. The SMILES string of the molecule is COC(=O)C1CCCC1S(=O)(=O)Nc1cc(C)ccc1C. The Morgan fingerprint density at radius 2 is 2.00 bits per heavy atom. The summed E-state index contributed by atoms with van der Waals surface area (Å²) in [6.07, 6.45) is 1.77. The van der Waals surface area contributed by atoms with Gasteiger partial charge in [0, 0.05) is 0 Å². The Bertz CT molecular complexity index is 639. The van der Waals surface area contributed by atoms with E-state index in [2.05, 4.69) is 4.72 Å². The molecule has 1 saturated carbocycles. The molecule has 0 heterocycles. The quantitative estimate of drug-likeness (QED) is 0.867. The molecule has 1 aromatic rings. The van der Waals surface area contributed by atoms with E-state index < -0.39 is 27.2 Å². The maximum absolute atomic E-state index is 12.6. The molecule has 0 saturated heterocycles. The van der Waals surface area contributed by atoms with Gasteiger partial charge in [-0.15, -0.1) is 0 Å². The van der Waals surface area contributed by atoms with Gasteiger partial charge in [0.15, 0.2) is 0 Å². The zero-order valence-electron chi connectivity index (χ0n) is 12.5. The van der Waals surface area contributed by atoms with Crippen molar-refractivity contribution in [3.8, 4) is 0 Å². The van der Waals surface area contributed by atoms with E-state index in [1.165, 1.54) is 7.11 Å². The van der Waals surface area contributed by atoms with Crippen LogP contribution >= 0.6 is 0 Å². The number of anilines is 1. The minimum atomic E-state index is -3.61. The van der Waals surface area contributed by atoms with Crippen LogP contribution in [0.5, 0.6) is 0 Å². The van der Waals surface area contributed by atoms with Crippen molar-refractivity contribution < 1.29 is 17.9 Å². The molecule has 116 valence electrons. The molecule has 0 radical (unpaired) electrons. The van der Waals surface area contributed by atoms with Crippen LogP contribution in [-0.2, 0) is 19.6 Å². The first-order valence-electron chi connectivity index (χ1n) is 7.02. The van der Waals surface area contributed by atoms with E-state index in [9.17, 15) is 13.2 Å². The lowest BCUT2D eigenvalue weighted by Crippen LogP contribution is -2.35. The molecule has 0 spiro atoms. The van der Waals surface area contributed by atoms with Gasteiger partial charge in [0.2, 0.25) is 10.0 Å². The smallest absolute Gasteiger partial charge is 0.310 e. The van der Waals surface area contributed by atoms with Crippen molar-refractivity contribution in [3.63, 3.8) is 0 Å². The Morgan fingerprint density at radius 3 is 2.67 bits per heavy atom. The number of ether oxygens (including phenoxy) is 1. The van der Waals surface area contributed by atoms with Crippen LogP contribution in [0.4, 0.5) is 5.69 Å². The monoisotopic (exact) mass is 311 g/mol. The standard InChI is InChI=1S/C15H21NO4S/c1-10-7-8-11(2)13(9-10)16-21(18,19)14-6-4-5-12(14)15(17)20-3/h7-9,12,14,16H,4-6H2,1-3H3. The van der Waals surface area contributed by atoms with Crippen molar-refractivity contribution in [2.75, 3.05) is 11.8 Å². The Hall–Kier alpha value is -1.56. The number of carbonyl (C=O) groups is 1. The molecule has 21 heavy (non-hydrogen) atoms. The highest BCUT2D eigenvalue weighted by atomic mass is 32.2. The summed E-state index contributed by atoms with van der Waals surface area (Å²) in [5.41, 5.74) is 2.41. The molecule has 0 aromatic heterocycles. The van der Waals surface area contributed by atoms with Gasteiger partial charge in [0.05, 0.1) is 24.0 Å². The molecule has 0 amide bonds. The average Bonchev–Trinajstić information content (AvgIpc) is 2.92. The Labute approximate surface area is 125 Å². The molecule has 1 aliphatic carbocycles. The molecule has 1 aliphatic rings. The van der Waals surface area contributed by atoms with Crippen LogP contribution in [0.1, 0.15) is 30.4 Å². The number of aryl methyl sites for hydroxylation is 2. The van der Waals surface area contributed by atoms with Crippen LogP contribution in [-0.4, -0.2) is 26.7 Å². The minimum absolute atomic E-state index is 0.441. The minimum Gasteiger partial charge on any atom is -0.469 e. The fourth-order valence-electron chi connectivity index (χ4n) is 2.79. The van der Waals surface area contributed by atoms with Crippen LogP contribution in [0.25, 0.3) is 0 Å². The summed E-state index contributed by atoms with van der Waals surface area (Å²) in [7, 11) is -2.31. The number of hydrogen-bond acceptors (Lipinski definition) is 4. The molecule has 1 N–H and O–H groups in total. The summed E-state index contributed by atoms with van der Waals surface area (Å²) in [5, 5.41) is -0.718. The molecular weight excluding hydrogens is 290 g/mol. The Morgan fingerprint density at radius 1 is 1.29 bits per heavy atom. The van der Waals surface area contributed by atoms with Crippen molar-refractivity contribution in [3.05, 3.63) is 29.3 Å². The topological polar surface area (TPSA) is 72.5 Å². The van der Waals surface area contributed by atoms with E-state index >= 15 is 0 Å². The van der Waals surface area contributed by atoms with Gasteiger partial charge in [0.1, 0.15) is 0 Å². The summed E-state index contributed by atoms with van der Waals surface area (Å²) < 4.78 is 32.5. The van der Waals surface area contributed by atoms with Gasteiger partial charge in [-0.2, -0.15) is 0 Å². The molecule has 5 nitrogen and oxygen atoms in total. The van der Waals surface area contributed by atoms with Gasteiger partial charge in [-0.1, -0.05) is 18.6 Å². The van der Waals surface area contributed by atoms with E-state index in [-0.39, 0.29) is 0 Å². The van der Waals surface area contributed by atoms with Crippen molar-refractivity contribution in [2.45, 2.75) is 38.4 Å². The Kier molecular flexibility index (Phi) is 4.56. The van der Waals surface area contributed by atoms with Crippen LogP contribution in [0, 0.1) is 19.8 Å². The number of methoxy groups -OCH3 is 1. The van der Waals surface area contributed by atoms with E-state index in [1.54, 1.807) is 6.07 Å². The second-order valence-electron chi connectivity index (χ2n) is 5.56. The number of hydrogen-bond donors (Lipinski definition) is 1. The molecule has 0 bridgehead atoms. The van der Waals surface area contributed by atoms with E-state index in [0.29, 0.717) is 18.5 Å². The molecule has 0 aliphatic heterocycles. The zero-order valence-corrected chi connectivity index (χ0v) is 13.4. The predicted octanol–water partition coefficient (Wildman–Crippen LogP) is 2.39. The third-order valence-corrected chi connectivity index (χ3v) is 5.87. The van der Waals surface area contributed by atoms with Crippen molar-refractivity contribution in [2.24, 2.45) is 5.92 Å². The van der Waals surface area contributed by atoms with Crippen LogP contribution in [0.3, 0.4) is 0 Å². The van der Waals surface area contributed by atoms with Crippen molar-refractivity contribution >= 4 is 21.7 Å². The van der Waals surface area contributed by atoms with E-state index in [4.69, 9.17) is 4.74 Å². The lowest BCUT2D eigenvalue weighted by molar-refractivity contribution is -0.145. The molecule has 6 heteroatoms. The third-order valence-electron chi connectivity index (χ3n) is 4.00. The molecule has 2 unspecified atom stereocenters. The van der Waals surface area contributed by atoms with Gasteiger partial charge in [-0.05, 0) is 43.9 Å². The summed E-state index contributed by atoms with van der Waals surface area (Å²) in [6.45, 7) is 3.76. The third kappa shape index (κ3) is 3.37. The molecule has 1 aromatic carbocycles. The van der Waals surface area contributed by atoms with Gasteiger partial charge < -0.3 is 4.74 Å². The first-order valence-corrected chi connectivity index (χ1v) is 8.56. The lowest BCUT2D eigenvalue weighted by Gasteiger charge is -2.20. The van der Waals surface area contributed by atoms with Crippen LogP contribution in [0.2, 0.25) is 0 Å². The first-order chi connectivity index (χ1) is 9.85. The fourth-order valence-corrected chi connectivity index (χ4v) is 4.63. The van der Waals surface area contributed by atoms with Crippen LogP contribution < -0.4 is 4.72 Å². The Balaban J connectivity index is 2.25. The van der Waals surface area contributed by atoms with Crippen molar-refractivity contribution in [1.82, 2.24) is 0 Å². The maximum atomic E-state index is 12.6. The van der Waals surface area contributed by atoms with Gasteiger partial charge >= 0.3 is 5.97 Å². The van der Waals surface area contributed by atoms with Gasteiger partial charge in [-0.25, -0.2) is 8.42 Å². The molecule has 1 fully saturated rings. The summed E-state index contributed by atoms with van der Waals surface area (Å²) in [4.78, 5) is 11.7.